The molecule has 0 aliphatic carbocycles. The third-order valence-corrected chi connectivity index (χ3v) is 14.6. The maximum atomic E-state index is 12.8. The van der Waals surface area contributed by atoms with Gasteiger partial charge in [0.15, 0.2) is 6.10 Å². The number of phosphoric ester groups is 1. The first-order valence-corrected chi connectivity index (χ1v) is 37.3. The van der Waals surface area contributed by atoms with Crippen molar-refractivity contribution >= 4 is 19.8 Å². The first-order valence-electron chi connectivity index (χ1n) is 35.8. The van der Waals surface area contributed by atoms with Gasteiger partial charge in [-0.2, -0.15) is 0 Å². The molecule has 2 atom stereocenters. The number of carbonyl (C=O) groups is 2. The van der Waals surface area contributed by atoms with E-state index in [1.165, 1.54) is 0 Å². The van der Waals surface area contributed by atoms with Crippen LogP contribution in [0.2, 0.25) is 0 Å². The Bertz CT molecular complexity index is 2560. The zero-order valence-electron chi connectivity index (χ0n) is 58.8. The lowest BCUT2D eigenvalue weighted by Gasteiger charge is -2.19. The fraction of sp³-hybridized carbons (Fsp3) is 0.459. The Hall–Kier alpha value is -6.71. The van der Waals surface area contributed by atoms with Gasteiger partial charge in [0.1, 0.15) is 6.61 Å². The van der Waals surface area contributed by atoms with E-state index in [2.05, 4.69) is 281 Å². The van der Waals surface area contributed by atoms with E-state index in [9.17, 15) is 19.0 Å². The van der Waals surface area contributed by atoms with Gasteiger partial charge >= 0.3 is 19.8 Å². The van der Waals surface area contributed by atoms with Crippen LogP contribution in [0, 0.1) is 0 Å². The van der Waals surface area contributed by atoms with Gasteiger partial charge in [-0.25, -0.2) is 4.57 Å². The summed E-state index contributed by atoms with van der Waals surface area (Å²) in [7, 11) is -4.43. The van der Waals surface area contributed by atoms with Crippen LogP contribution < -0.4 is 5.73 Å². The number of carbonyl (C=O) groups excluding carboxylic acids is 2. The molecule has 524 valence electrons. The predicted octanol–water partition coefficient (Wildman–Crippen LogP) is 24.3. The molecule has 0 saturated carbocycles. The van der Waals surface area contributed by atoms with Gasteiger partial charge in [-0.15, -0.1) is 0 Å². The summed E-state index contributed by atoms with van der Waals surface area (Å²) in [5.74, 6) is -0.930. The molecule has 2 unspecified atom stereocenters. The molecule has 0 bridgehead atoms. The largest absolute Gasteiger partial charge is 0.472 e. The summed E-state index contributed by atoms with van der Waals surface area (Å²) >= 11 is 0. The van der Waals surface area contributed by atoms with Gasteiger partial charge in [-0.1, -0.05) is 294 Å². The molecule has 95 heavy (non-hydrogen) atoms. The molecule has 10 heteroatoms. The number of hydrogen-bond acceptors (Lipinski definition) is 8. The fourth-order valence-electron chi connectivity index (χ4n) is 8.41. The molecule has 0 aromatic heterocycles. The molecular weight excluding hydrogens is 1190 g/mol. The zero-order chi connectivity index (χ0) is 68.6. The molecule has 0 spiro atoms. The molecule has 0 aliphatic heterocycles. The first kappa shape index (κ1) is 88.3. The molecule has 0 rings (SSSR count). The molecule has 0 saturated heterocycles. The van der Waals surface area contributed by atoms with Gasteiger partial charge in [-0.05, 0) is 180 Å². The van der Waals surface area contributed by atoms with Gasteiger partial charge < -0.3 is 20.1 Å². The van der Waals surface area contributed by atoms with Crippen LogP contribution in [-0.4, -0.2) is 49.3 Å². The summed E-state index contributed by atoms with van der Waals surface area (Å²) in [5, 5.41) is 0. The Balaban J connectivity index is 4.15. The molecule has 0 radical (unpaired) electrons. The SMILES string of the molecule is CC/C=C\C/C=C\C/C=C\C/C=C\C/C=C\C/C=C\C/C=C\C/C=C\C/C=C\C/C=C\C/C=C\CCCCCC(=O)OCC(COP(=O)(O)OCCN)OC(=O)CCCCC/C=C\C/C=C\C/C=C\C/C=C\C/C=C\C/C=C\C/C=C\C/C=C\C/C=C\C/C=C\C/C=C\CC. The van der Waals surface area contributed by atoms with Crippen LogP contribution in [0.25, 0.3) is 0 Å². The molecule has 0 heterocycles. The van der Waals surface area contributed by atoms with Crippen molar-refractivity contribution < 1.29 is 37.6 Å². The summed E-state index contributed by atoms with van der Waals surface area (Å²) in [4.78, 5) is 35.3. The highest BCUT2D eigenvalue weighted by Crippen LogP contribution is 2.43. The molecule has 9 nitrogen and oxygen atoms in total. The van der Waals surface area contributed by atoms with Gasteiger partial charge in [0.2, 0.25) is 0 Å². The highest BCUT2D eigenvalue weighted by atomic mass is 31.2. The van der Waals surface area contributed by atoms with E-state index < -0.39 is 32.5 Å². The number of unbranched alkanes of at least 4 members (excludes halogenated alkanes) is 6. The number of ether oxygens (including phenoxy) is 2. The van der Waals surface area contributed by atoms with E-state index in [1.54, 1.807) is 0 Å². The van der Waals surface area contributed by atoms with E-state index in [0.29, 0.717) is 12.8 Å². The first-order chi connectivity index (χ1) is 46.8. The van der Waals surface area contributed by atoms with E-state index in [-0.39, 0.29) is 32.6 Å². The summed E-state index contributed by atoms with van der Waals surface area (Å²) in [5.41, 5.74) is 5.39. The van der Waals surface area contributed by atoms with Gasteiger partial charge in [-0.3, -0.25) is 18.6 Å². The standard InChI is InChI=1S/C85H126NO8P/c1-3-5-7-9-11-13-15-17-19-21-23-25-27-29-31-33-35-37-39-41-43-45-47-49-51-53-55-57-59-61-63-65-67-69-71-73-75-77-84(87)91-81-83(82-93-95(89,90)92-80-79-86)94-85(88)78-76-74-72-70-68-66-64-62-60-58-56-54-52-50-48-46-44-42-40-38-36-34-32-30-28-26-24-22-20-18-16-14-12-10-8-6-4-2/h5-8,11-14,17-20,23-26,29-32,35-38,41-44,47-50,53-56,59-62,65-68,83H,3-4,9-10,15-16,21-22,27-28,33-34,39-40,45-46,51-52,57-58,63-64,69-82,86H2,1-2H3,(H,89,90)/b7-5-,8-6-,13-11-,14-12-,19-17-,20-18-,25-23-,26-24-,31-29-,32-30-,37-35-,38-36-,43-41-,44-42-,49-47-,50-48-,55-53-,56-54-,61-59-,62-60-,67-65-,68-66-. The van der Waals surface area contributed by atoms with Crippen LogP contribution in [0.3, 0.4) is 0 Å². The average molecular weight is 1320 g/mol. The highest BCUT2D eigenvalue weighted by Gasteiger charge is 2.26. The zero-order valence-corrected chi connectivity index (χ0v) is 59.7. The van der Waals surface area contributed by atoms with Crippen LogP contribution >= 0.6 is 7.82 Å². The third kappa shape index (κ3) is 76.2. The lowest BCUT2D eigenvalue weighted by atomic mass is 10.1. The Labute approximate surface area is 579 Å². The lowest BCUT2D eigenvalue weighted by molar-refractivity contribution is -0.161. The van der Waals surface area contributed by atoms with E-state index in [0.717, 1.165) is 180 Å². The molecule has 0 fully saturated rings. The average Bonchev–Trinajstić information content (AvgIpc) is 1.55. The van der Waals surface area contributed by atoms with Gasteiger partial charge in [0.25, 0.3) is 0 Å². The third-order valence-electron chi connectivity index (χ3n) is 13.6. The Kier molecular flexibility index (Phi) is 70.9. The fourth-order valence-corrected chi connectivity index (χ4v) is 9.17. The molecular formula is C85H126NO8P. The Morgan fingerprint density at radius 1 is 0.316 bits per heavy atom. The topological polar surface area (TPSA) is 134 Å². The van der Waals surface area contributed by atoms with Crippen LogP contribution in [0.5, 0.6) is 0 Å². The predicted molar refractivity (Wildman–Crippen MR) is 412 cm³/mol. The molecule has 0 aromatic rings. The van der Waals surface area contributed by atoms with Crippen molar-refractivity contribution in [3.8, 4) is 0 Å². The van der Waals surface area contributed by atoms with Gasteiger partial charge in [0, 0.05) is 19.4 Å². The molecule has 0 aromatic carbocycles. The number of phosphoric acid groups is 1. The maximum Gasteiger partial charge on any atom is 0.472 e. The van der Waals surface area contributed by atoms with Crippen molar-refractivity contribution in [2.75, 3.05) is 26.4 Å². The quantitative estimate of drug-likeness (QED) is 0.0264. The second kappa shape index (κ2) is 76.3. The lowest BCUT2D eigenvalue weighted by Crippen LogP contribution is -2.29. The molecule has 0 aliphatic rings. The monoisotopic (exact) mass is 1320 g/mol. The summed E-state index contributed by atoms with van der Waals surface area (Å²) in [6.45, 7) is 3.39. The highest BCUT2D eigenvalue weighted by molar-refractivity contribution is 7.47. The minimum Gasteiger partial charge on any atom is -0.462 e. The Morgan fingerprint density at radius 2 is 0.547 bits per heavy atom. The van der Waals surface area contributed by atoms with E-state index >= 15 is 0 Å². The van der Waals surface area contributed by atoms with Crippen LogP contribution in [-0.2, 0) is 32.7 Å². The van der Waals surface area contributed by atoms with Crippen LogP contribution in [0.15, 0.2) is 267 Å². The minimum absolute atomic E-state index is 0.0271. The van der Waals surface area contributed by atoms with Crippen molar-refractivity contribution in [2.24, 2.45) is 5.73 Å². The number of allylic oxidation sites excluding steroid dienone is 44. The number of hydrogen-bond donors (Lipinski definition) is 2. The van der Waals surface area contributed by atoms with Gasteiger partial charge in [0.05, 0.1) is 13.2 Å². The number of esters is 2. The maximum absolute atomic E-state index is 12.8. The van der Waals surface area contributed by atoms with Crippen molar-refractivity contribution in [2.45, 2.75) is 225 Å². The Morgan fingerprint density at radius 3 is 0.789 bits per heavy atom. The normalized spacial score (nSPS) is 14.5. The number of nitrogens with two attached hydrogens (primary N) is 1. The van der Waals surface area contributed by atoms with Crippen LogP contribution in [0.4, 0.5) is 0 Å². The summed E-state index contributed by atoms with van der Waals surface area (Å²) in [6.07, 6.45) is 125. The van der Waals surface area contributed by atoms with E-state index in [1.807, 2.05) is 0 Å². The summed E-state index contributed by atoms with van der Waals surface area (Å²) < 4.78 is 33.1. The second-order valence-electron chi connectivity index (χ2n) is 22.3. The van der Waals surface area contributed by atoms with Crippen molar-refractivity contribution in [3.05, 3.63) is 267 Å². The molecule has 3 N–H and O–H groups in total. The van der Waals surface area contributed by atoms with Crippen molar-refractivity contribution in [1.82, 2.24) is 0 Å². The summed E-state index contributed by atoms with van der Waals surface area (Å²) in [6, 6.07) is 0. The smallest absolute Gasteiger partial charge is 0.462 e. The second-order valence-corrected chi connectivity index (χ2v) is 23.7. The van der Waals surface area contributed by atoms with Crippen LogP contribution in [0.1, 0.15) is 219 Å². The minimum atomic E-state index is -4.43. The van der Waals surface area contributed by atoms with Crippen molar-refractivity contribution in [3.63, 3.8) is 0 Å². The number of rotatable bonds is 63. The van der Waals surface area contributed by atoms with Crippen molar-refractivity contribution in [1.29, 1.82) is 0 Å². The molecule has 0 amide bonds. The van der Waals surface area contributed by atoms with E-state index in [4.69, 9.17) is 24.3 Å².